The third kappa shape index (κ3) is 7.68. The molecule has 0 aromatic carbocycles. The summed E-state index contributed by atoms with van der Waals surface area (Å²) in [6.07, 6.45) is 2.26. The van der Waals surface area contributed by atoms with Gasteiger partial charge >= 0.3 is 0 Å². The lowest BCUT2D eigenvalue weighted by Crippen LogP contribution is -2.48. The SMILES string of the molecule is CCC(CC(C)(C)C(CN(C)S(C)(=O)=O)OC(C)C)C(=O)N1CCOCC1. The van der Waals surface area contributed by atoms with Gasteiger partial charge in [0.15, 0.2) is 0 Å². The van der Waals surface area contributed by atoms with Crippen LogP contribution in [0.2, 0.25) is 0 Å². The van der Waals surface area contributed by atoms with E-state index in [0.717, 1.165) is 6.42 Å². The Labute approximate surface area is 165 Å². The van der Waals surface area contributed by atoms with Gasteiger partial charge in [0.05, 0.1) is 31.7 Å². The molecule has 1 rings (SSSR count). The lowest BCUT2D eigenvalue weighted by molar-refractivity contribution is -0.142. The molecule has 160 valence electrons. The van der Waals surface area contributed by atoms with Crippen molar-refractivity contribution in [1.82, 2.24) is 9.21 Å². The first kappa shape index (κ1) is 24.3. The number of amides is 1. The second-order valence-electron chi connectivity index (χ2n) is 8.45. The Kier molecular flexibility index (Phi) is 9.18. The first-order valence-electron chi connectivity index (χ1n) is 9.81. The van der Waals surface area contributed by atoms with Crippen LogP contribution in [-0.2, 0) is 24.3 Å². The van der Waals surface area contributed by atoms with E-state index in [9.17, 15) is 13.2 Å². The molecule has 0 N–H and O–H groups in total. The average Bonchev–Trinajstić information content (AvgIpc) is 2.58. The second-order valence-corrected chi connectivity index (χ2v) is 10.5. The summed E-state index contributed by atoms with van der Waals surface area (Å²) < 4.78 is 36.5. The number of hydrogen-bond donors (Lipinski definition) is 0. The Bertz CT molecular complexity index is 571. The second kappa shape index (κ2) is 10.2. The quantitative estimate of drug-likeness (QED) is 0.554. The number of ether oxygens (including phenoxy) is 2. The molecule has 1 saturated heterocycles. The highest BCUT2D eigenvalue weighted by atomic mass is 32.2. The molecule has 0 aromatic rings. The minimum absolute atomic E-state index is 0.0303. The van der Waals surface area contributed by atoms with E-state index in [1.165, 1.54) is 10.6 Å². The number of nitrogens with zero attached hydrogens (tertiary/aromatic N) is 2. The third-order valence-electron chi connectivity index (χ3n) is 5.23. The van der Waals surface area contributed by atoms with Crippen LogP contribution in [0.25, 0.3) is 0 Å². The average molecular weight is 407 g/mol. The molecule has 1 aliphatic heterocycles. The van der Waals surface area contributed by atoms with Crippen molar-refractivity contribution in [1.29, 1.82) is 0 Å². The summed E-state index contributed by atoms with van der Waals surface area (Å²) in [6, 6.07) is 0. The number of rotatable bonds is 10. The van der Waals surface area contributed by atoms with Crippen LogP contribution in [-0.4, -0.2) is 81.9 Å². The van der Waals surface area contributed by atoms with E-state index in [2.05, 4.69) is 13.8 Å². The van der Waals surface area contributed by atoms with Crippen LogP contribution >= 0.6 is 0 Å². The van der Waals surface area contributed by atoms with E-state index in [0.29, 0.717) is 32.7 Å². The van der Waals surface area contributed by atoms with Crippen LogP contribution in [0, 0.1) is 11.3 Å². The molecule has 2 atom stereocenters. The van der Waals surface area contributed by atoms with E-state index >= 15 is 0 Å². The van der Waals surface area contributed by atoms with E-state index in [4.69, 9.17) is 9.47 Å². The largest absolute Gasteiger partial charge is 0.378 e. The molecule has 8 heteroatoms. The fraction of sp³-hybridized carbons (Fsp3) is 0.947. The first-order chi connectivity index (χ1) is 12.4. The van der Waals surface area contributed by atoms with Gasteiger partial charge in [-0.1, -0.05) is 20.8 Å². The van der Waals surface area contributed by atoms with Gasteiger partial charge in [0.2, 0.25) is 15.9 Å². The summed E-state index contributed by atoms with van der Waals surface area (Å²) in [7, 11) is -1.73. The maximum Gasteiger partial charge on any atom is 0.225 e. The zero-order valence-electron chi connectivity index (χ0n) is 18.0. The predicted molar refractivity (Wildman–Crippen MR) is 107 cm³/mol. The van der Waals surface area contributed by atoms with Crippen LogP contribution in [0.1, 0.15) is 47.5 Å². The molecule has 0 saturated carbocycles. The van der Waals surface area contributed by atoms with Gasteiger partial charge in [0.25, 0.3) is 0 Å². The van der Waals surface area contributed by atoms with Gasteiger partial charge in [-0.05, 0) is 32.1 Å². The van der Waals surface area contributed by atoms with Crippen molar-refractivity contribution in [2.75, 3.05) is 46.2 Å². The van der Waals surface area contributed by atoms with E-state index in [1.807, 2.05) is 25.7 Å². The van der Waals surface area contributed by atoms with E-state index in [-0.39, 0.29) is 36.0 Å². The standard InChI is InChI=1S/C19H38N2O5S/c1-8-16(18(22)21-9-11-25-12-10-21)13-19(4,5)17(26-15(2)3)14-20(6)27(7,23)24/h15-17H,8-14H2,1-7H3. The molecule has 0 spiro atoms. The smallest absolute Gasteiger partial charge is 0.225 e. The minimum Gasteiger partial charge on any atom is -0.378 e. The van der Waals surface area contributed by atoms with Crippen molar-refractivity contribution < 1.29 is 22.7 Å². The monoisotopic (exact) mass is 406 g/mol. The minimum atomic E-state index is -3.30. The van der Waals surface area contributed by atoms with Crippen molar-refractivity contribution in [2.24, 2.45) is 11.3 Å². The van der Waals surface area contributed by atoms with Crippen LogP contribution in [0.3, 0.4) is 0 Å². The molecule has 27 heavy (non-hydrogen) atoms. The molecule has 0 aliphatic carbocycles. The number of carbonyl (C=O) groups is 1. The highest BCUT2D eigenvalue weighted by Crippen LogP contribution is 2.35. The van der Waals surface area contributed by atoms with E-state index in [1.54, 1.807) is 7.05 Å². The maximum atomic E-state index is 13.0. The Morgan fingerprint density at radius 3 is 2.26 bits per heavy atom. The molecule has 2 unspecified atom stereocenters. The molecule has 0 radical (unpaired) electrons. The molecule has 7 nitrogen and oxygen atoms in total. The highest BCUT2D eigenvalue weighted by molar-refractivity contribution is 7.88. The van der Waals surface area contributed by atoms with Crippen LogP contribution in [0.4, 0.5) is 0 Å². The number of sulfonamides is 1. The highest BCUT2D eigenvalue weighted by Gasteiger charge is 2.38. The number of likely N-dealkylation sites (N-methyl/N-ethyl adjacent to an activating group) is 1. The molecular formula is C19H38N2O5S. The van der Waals surface area contributed by atoms with Gasteiger partial charge in [-0.2, -0.15) is 0 Å². The zero-order chi connectivity index (χ0) is 20.8. The Morgan fingerprint density at radius 2 is 1.81 bits per heavy atom. The fourth-order valence-corrected chi connectivity index (χ4v) is 3.79. The van der Waals surface area contributed by atoms with Crippen molar-refractivity contribution in [3.63, 3.8) is 0 Å². The van der Waals surface area contributed by atoms with Gasteiger partial charge in [-0.25, -0.2) is 12.7 Å². The van der Waals surface area contributed by atoms with Crippen molar-refractivity contribution in [2.45, 2.75) is 59.7 Å². The summed E-state index contributed by atoms with van der Waals surface area (Å²) in [5.41, 5.74) is -0.355. The zero-order valence-corrected chi connectivity index (χ0v) is 18.8. The summed E-state index contributed by atoms with van der Waals surface area (Å²) in [5.74, 6) is 0.0496. The van der Waals surface area contributed by atoms with Gasteiger partial charge < -0.3 is 14.4 Å². The van der Waals surface area contributed by atoms with Crippen molar-refractivity contribution in [3.8, 4) is 0 Å². The van der Waals surface area contributed by atoms with E-state index < -0.39 is 10.0 Å². The topological polar surface area (TPSA) is 76.2 Å². The molecule has 1 heterocycles. The molecule has 0 aromatic heterocycles. The Balaban J connectivity index is 2.92. The van der Waals surface area contributed by atoms with Crippen molar-refractivity contribution >= 4 is 15.9 Å². The molecule has 1 aliphatic rings. The van der Waals surface area contributed by atoms with Crippen LogP contribution in [0.15, 0.2) is 0 Å². The van der Waals surface area contributed by atoms with Gasteiger partial charge in [-0.3, -0.25) is 4.79 Å². The van der Waals surface area contributed by atoms with Crippen molar-refractivity contribution in [3.05, 3.63) is 0 Å². The summed E-state index contributed by atoms with van der Waals surface area (Å²) in [5, 5.41) is 0. The summed E-state index contributed by atoms with van der Waals surface area (Å²) in [4.78, 5) is 14.8. The van der Waals surface area contributed by atoms with Gasteiger partial charge in [0.1, 0.15) is 0 Å². The van der Waals surface area contributed by atoms with Crippen LogP contribution in [0.5, 0.6) is 0 Å². The Morgan fingerprint density at radius 1 is 1.26 bits per heavy atom. The summed E-state index contributed by atoms with van der Waals surface area (Å²) >= 11 is 0. The van der Waals surface area contributed by atoms with Gasteiger partial charge in [0, 0.05) is 32.6 Å². The predicted octanol–water partition coefficient (Wildman–Crippen LogP) is 1.97. The summed E-state index contributed by atoms with van der Waals surface area (Å²) in [6.45, 7) is 12.8. The number of carbonyl (C=O) groups excluding carboxylic acids is 1. The Hall–Kier alpha value is -0.700. The normalized spacial score (nSPS) is 18.8. The lowest BCUT2D eigenvalue weighted by atomic mass is 9.76. The molecule has 1 amide bonds. The molecule has 1 fully saturated rings. The third-order valence-corrected chi connectivity index (χ3v) is 6.52. The number of morpholine rings is 1. The molecular weight excluding hydrogens is 368 g/mol. The van der Waals surface area contributed by atoms with Gasteiger partial charge in [-0.15, -0.1) is 0 Å². The van der Waals surface area contributed by atoms with Crippen LogP contribution < -0.4 is 0 Å². The number of hydrogen-bond acceptors (Lipinski definition) is 5. The maximum absolute atomic E-state index is 13.0. The molecule has 0 bridgehead atoms. The first-order valence-corrected chi connectivity index (χ1v) is 11.7. The fourth-order valence-electron chi connectivity index (χ4n) is 3.39. The lowest BCUT2D eigenvalue weighted by Gasteiger charge is -2.40.